The summed E-state index contributed by atoms with van der Waals surface area (Å²) >= 11 is 0. The van der Waals surface area contributed by atoms with Crippen LogP contribution in [0.4, 0.5) is 5.69 Å². The Balaban J connectivity index is 1.71. The van der Waals surface area contributed by atoms with Gasteiger partial charge in [-0.05, 0) is 56.3 Å². The number of anilines is 1. The second-order valence-corrected chi connectivity index (χ2v) is 7.77. The summed E-state index contributed by atoms with van der Waals surface area (Å²) in [6, 6.07) is 16.6. The first-order valence-electron chi connectivity index (χ1n) is 10.8. The molecule has 4 aromatic rings. The Morgan fingerprint density at radius 3 is 2.32 bits per heavy atom. The van der Waals surface area contributed by atoms with Crippen LogP contribution in [0.15, 0.2) is 70.3 Å². The zero-order valence-electron chi connectivity index (χ0n) is 19.1. The van der Waals surface area contributed by atoms with E-state index in [9.17, 15) is 19.2 Å². The van der Waals surface area contributed by atoms with Gasteiger partial charge >= 0.3 is 11.7 Å². The van der Waals surface area contributed by atoms with E-state index in [2.05, 4.69) is 5.32 Å². The van der Waals surface area contributed by atoms with Crippen LogP contribution in [0.25, 0.3) is 16.7 Å². The molecule has 0 saturated carbocycles. The number of aryl methyl sites for hydroxylation is 2. The Morgan fingerprint density at radius 2 is 1.68 bits per heavy atom. The highest BCUT2D eigenvalue weighted by Gasteiger charge is 2.20. The lowest BCUT2D eigenvalue weighted by Gasteiger charge is -2.13. The van der Waals surface area contributed by atoms with E-state index in [0.717, 1.165) is 10.3 Å². The van der Waals surface area contributed by atoms with Crippen LogP contribution in [0.1, 0.15) is 23.0 Å². The summed E-state index contributed by atoms with van der Waals surface area (Å²) in [7, 11) is 1.74. The SMILES string of the molecule is CCOC(=O)c1ccc(NC(=O)Cn2c(=O)n(-c3ccccc3)c(=O)c3c2cc(C)n3C)cc1. The molecular formula is C25H24N4O5. The number of fused-ring (bicyclic) bond motifs is 1. The maximum Gasteiger partial charge on any atom is 0.338 e. The Labute approximate surface area is 194 Å². The van der Waals surface area contributed by atoms with Crippen molar-refractivity contribution in [3.8, 4) is 5.69 Å². The lowest BCUT2D eigenvalue weighted by molar-refractivity contribution is -0.116. The third kappa shape index (κ3) is 4.15. The molecule has 34 heavy (non-hydrogen) atoms. The summed E-state index contributed by atoms with van der Waals surface area (Å²) in [6.07, 6.45) is 0. The first kappa shape index (κ1) is 22.8. The van der Waals surface area contributed by atoms with Crippen molar-refractivity contribution >= 4 is 28.6 Å². The molecule has 0 aliphatic carbocycles. The average Bonchev–Trinajstić information content (AvgIpc) is 3.12. The third-order valence-corrected chi connectivity index (χ3v) is 5.57. The molecule has 0 saturated heterocycles. The van der Waals surface area contributed by atoms with Crippen LogP contribution < -0.4 is 16.6 Å². The molecular weight excluding hydrogens is 436 g/mol. The number of esters is 1. The van der Waals surface area contributed by atoms with Crippen molar-refractivity contribution in [3.63, 3.8) is 0 Å². The Morgan fingerprint density at radius 1 is 1.00 bits per heavy atom. The van der Waals surface area contributed by atoms with Gasteiger partial charge in [0.1, 0.15) is 12.1 Å². The molecule has 1 amide bonds. The average molecular weight is 460 g/mol. The fourth-order valence-corrected chi connectivity index (χ4v) is 3.79. The Bertz CT molecular complexity index is 1500. The quantitative estimate of drug-likeness (QED) is 0.446. The van der Waals surface area contributed by atoms with Crippen molar-refractivity contribution < 1.29 is 14.3 Å². The predicted molar refractivity (Wildman–Crippen MR) is 129 cm³/mol. The molecule has 2 heterocycles. The number of para-hydroxylation sites is 1. The highest BCUT2D eigenvalue weighted by Crippen LogP contribution is 2.16. The molecule has 0 fully saturated rings. The number of amides is 1. The second-order valence-electron chi connectivity index (χ2n) is 7.77. The number of carbonyl (C=O) groups excluding carboxylic acids is 2. The summed E-state index contributed by atoms with van der Waals surface area (Å²) in [6.45, 7) is 3.52. The van der Waals surface area contributed by atoms with E-state index in [1.807, 2.05) is 6.92 Å². The number of ether oxygens (including phenoxy) is 1. The van der Waals surface area contributed by atoms with Crippen molar-refractivity contribution in [1.82, 2.24) is 13.7 Å². The molecule has 0 radical (unpaired) electrons. The Kier molecular flexibility index (Phi) is 6.18. The van der Waals surface area contributed by atoms with Crippen LogP contribution in [-0.2, 0) is 23.1 Å². The van der Waals surface area contributed by atoms with Crippen LogP contribution in [0, 0.1) is 6.92 Å². The van der Waals surface area contributed by atoms with Crippen LogP contribution in [0.5, 0.6) is 0 Å². The number of benzene rings is 2. The zero-order valence-corrected chi connectivity index (χ0v) is 19.1. The molecule has 0 spiro atoms. The number of carbonyl (C=O) groups is 2. The summed E-state index contributed by atoms with van der Waals surface area (Å²) in [5.41, 5.74) is 1.68. The van der Waals surface area contributed by atoms with Crippen molar-refractivity contribution in [2.45, 2.75) is 20.4 Å². The van der Waals surface area contributed by atoms with Gasteiger partial charge in [-0.2, -0.15) is 0 Å². The van der Waals surface area contributed by atoms with Gasteiger partial charge in [-0.1, -0.05) is 18.2 Å². The lowest BCUT2D eigenvalue weighted by Crippen LogP contribution is -2.41. The van der Waals surface area contributed by atoms with Crippen LogP contribution >= 0.6 is 0 Å². The van der Waals surface area contributed by atoms with Crippen LogP contribution in [0.2, 0.25) is 0 Å². The highest BCUT2D eigenvalue weighted by molar-refractivity contribution is 5.93. The van der Waals surface area contributed by atoms with Gasteiger partial charge in [0.25, 0.3) is 5.56 Å². The number of aromatic nitrogens is 3. The Hall–Kier alpha value is -4.40. The molecule has 1 N–H and O–H groups in total. The van der Waals surface area contributed by atoms with Gasteiger partial charge in [-0.3, -0.25) is 14.2 Å². The molecule has 0 aliphatic rings. The van der Waals surface area contributed by atoms with E-state index in [-0.39, 0.29) is 13.2 Å². The monoisotopic (exact) mass is 460 g/mol. The molecule has 0 bridgehead atoms. The van der Waals surface area contributed by atoms with E-state index in [4.69, 9.17) is 4.74 Å². The van der Waals surface area contributed by atoms with Gasteiger partial charge in [0.2, 0.25) is 5.91 Å². The van der Waals surface area contributed by atoms with Gasteiger partial charge in [0.05, 0.1) is 23.4 Å². The molecule has 9 heteroatoms. The maximum absolute atomic E-state index is 13.4. The number of rotatable bonds is 6. The first-order chi connectivity index (χ1) is 16.3. The maximum atomic E-state index is 13.4. The number of nitrogens with one attached hydrogen (secondary N) is 1. The van der Waals surface area contributed by atoms with Crippen LogP contribution in [-0.4, -0.2) is 32.2 Å². The smallest absolute Gasteiger partial charge is 0.338 e. The fraction of sp³-hybridized carbons (Fsp3) is 0.200. The first-order valence-corrected chi connectivity index (χ1v) is 10.8. The molecule has 2 aromatic carbocycles. The fourth-order valence-electron chi connectivity index (χ4n) is 3.79. The summed E-state index contributed by atoms with van der Waals surface area (Å²) in [4.78, 5) is 51.3. The molecule has 0 aliphatic heterocycles. The molecule has 0 atom stereocenters. The van der Waals surface area contributed by atoms with Crippen molar-refractivity contribution in [3.05, 3.63) is 92.8 Å². The van der Waals surface area contributed by atoms with Gasteiger partial charge in [-0.15, -0.1) is 0 Å². The normalized spacial score (nSPS) is 10.9. The number of hydrogen-bond acceptors (Lipinski definition) is 5. The number of nitrogens with zero attached hydrogens (tertiary/aromatic N) is 3. The minimum atomic E-state index is -0.609. The molecule has 2 aromatic heterocycles. The van der Waals surface area contributed by atoms with Gasteiger partial charge in [-0.25, -0.2) is 14.2 Å². The molecule has 9 nitrogen and oxygen atoms in total. The van der Waals surface area contributed by atoms with Crippen molar-refractivity contribution in [2.75, 3.05) is 11.9 Å². The predicted octanol–water partition coefficient (Wildman–Crippen LogP) is 2.61. The van der Waals surface area contributed by atoms with Gasteiger partial charge in [0.15, 0.2) is 0 Å². The van der Waals surface area contributed by atoms with E-state index in [1.54, 1.807) is 79.2 Å². The van der Waals surface area contributed by atoms with Gasteiger partial charge < -0.3 is 14.6 Å². The lowest BCUT2D eigenvalue weighted by atomic mass is 10.2. The van der Waals surface area contributed by atoms with Crippen molar-refractivity contribution in [2.24, 2.45) is 7.05 Å². The van der Waals surface area contributed by atoms with E-state index < -0.39 is 23.1 Å². The topological polar surface area (TPSA) is 104 Å². The van der Waals surface area contributed by atoms with Gasteiger partial charge in [0, 0.05) is 18.4 Å². The number of hydrogen-bond donors (Lipinski definition) is 1. The molecule has 174 valence electrons. The largest absolute Gasteiger partial charge is 0.462 e. The zero-order chi connectivity index (χ0) is 24.4. The summed E-state index contributed by atoms with van der Waals surface area (Å²) in [5, 5.41) is 2.73. The minimum absolute atomic E-state index is 0.268. The van der Waals surface area contributed by atoms with Crippen LogP contribution in [0.3, 0.4) is 0 Å². The standard InChI is InChI=1S/C25H24N4O5/c1-4-34-24(32)17-10-12-18(13-11-17)26-21(30)15-28-20-14-16(2)27(3)22(20)23(31)29(25(28)33)19-8-6-5-7-9-19/h5-14H,4,15H2,1-3H3,(H,26,30). The van der Waals surface area contributed by atoms with E-state index >= 15 is 0 Å². The third-order valence-electron chi connectivity index (χ3n) is 5.57. The second kappa shape index (κ2) is 9.22. The minimum Gasteiger partial charge on any atom is -0.462 e. The highest BCUT2D eigenvalue weighted by atomic mass is 16.5. The van der Waals surface area contributed by atoms with E-state index in [0.29, 0.717) is 28.0 Å². The van der Waals surface area contributed by atoms with Crippen molar-refractivity contribution in [1.29, 1.82) is 0 Å². The summed E-state index contributed by atoms with van der Waals surface area (Å²) < 4.78 is 9.03. The van der Waals surface area contributed by atoms with E-state index in [1.165, 1.54) is 4.57 Å². The molecule has 0 unspecified atom stereocenters. The summed E-state index contributed by atoms with van der Waals surface area (Å²) in [5.74, 6) is -0.899. The molecule has 4 rings (SSSR count).